The maximum Gasteiger partial charge on any atom is 0.310 e. The van der Waals surface area contributed by atoms with Gasteiger partial charge in [0.1, 0.15) is 10.3 Å². The van der Waals surface area contributed by atoms with E-state index in [1.807, 2.05) is 28.9 Å². The van der Waals surface area contributed by atoms with Crippen LogP contribution in [0, 0.1) is 0 Å². The highest BCUT2D eigenvalue weighted by Crippen LogP contribution is 2.36. The predicted molar refractivity (Wildman–Crippen MR) is 164 cm³/mol. The summed E-state index contributed by atoms with van der Waals surface area (Å²) < 4.78 is 8.45. The van der Waals surface area contributed by atoms with Gasteiger partial charge < -0.3 is 4.43 Å². The molecule has 0 radical (unpaired) electrons. The van der Waals surface area contributed by atoms with Gasteiger partial charge in [0.15, 0.2) is 8.32 Å². The van der Waals surface area contributed by atoms with Crippen molar-refractivity contribution in [2.75, 3.05) is 18.2 Å². The molecule has 0 unspecified atom stereocenters. The molecule has 0 fully saturated rings. The van der Waals surface area contributed by atoms with E-state index < -0.39 is 14.2 Å². The molecule has 0 aliphatic rings. The number of carbonyl (C=O) groups excluding carboxylic acids is 1. The molecule has 0 saturated carbocycles. The van der Waals surface area contributed by atoms with E-state index in [1.54, 1.807) is 5.01 Å². The molecular weight excluding hydrogens is 547 g/mol. The van der Waals surface area contributed by atoms with Crippen LogP contribution in [0.3, 0.4) is 0 Å². The van der Waals surface area contributed by atoms with Crippen LogP contribution in [0.1, 0.15) is 56.7 Å². The number of rotatable bonds is 8. The summed E-state index contributed by atoms with van der Waals surface area (Å²) in [6.45, 7) is 16.0. The lowest BCUT2D eigenvalue weighted by atomic mass is 10.00. The zero-order valence-electron chi connectivity index (χ0n) is 23.6. The summed E-state index contributed by atoms with van der Waals surface area (Å²) >= 11 is 12.4. The molecule has 206 valence electrons. The largest absolute Gasteiger partial charge is 0.415 e. The normalized spacial score (nSPS) is 12.4. The molecule has 0 aliphatic carbocycles. The first kappa shape index (κ1) is 29.3. The Hall–Kier alpha value is -2.71. The van der Waals surface area contributed by atoms with Gasteiger partial charge in [0.05, 0.1) is 24.4 Å². The van der Waals surface area contributed by atoms with Crippen molar-refractivity contribution in [2.45, 2.75) is 58.7 Å². The van der Waals surface area contributed by atoms with Crippen molar-refractivity contribution in [1.29, 1.82) is 0 Å². The van der Waals surface area contributed by atoms with Gasteiger partial charge in [0.25, 0.3) is 0 Å². The van der Waals surface area contributed by atoms with Gasteiger partial charge >= 0.3 is 5.91 Å². The summed E-state index contributed by atoms with van der Waals surface area (Å²) in [4.78, 5) is 22.5. The highest BCUT2D eigenvalue weighted by Gasteiger charge is 2.37. The lowest BCUT2D eigenvalue weighted by Gasteiger charge is -2.37. The second-order valence-corrected chi connectivity index (χ2v) is 17.1. The second-order valence-electron chi connectivity index (χ2n) is 11.6. The van der Waals surface area contributed by atoms with E-state index in [4.69, 9.17) is 27.6 Å². The number of halogens is 2. The number of para-hydroxylation sites is 1. The van der Waals surface area contributed by atoms with Crippen molar-refractivity contribution in [2.24, 2.45) is 0 Å². The fourth-order valence-electron chi connectivity index (χ4n) is 4.16. The monoisotopic (exact) mass is 582 g/mol. The number of aromatic nitrogens is 3. The minimum Gasteiger partial charge on any atom is -0.415 e. The van der Waals surface area contributed by atoms with Crippen LogP contribution in [0.4, 0.5) is 0 Å². The van der Waals surface area contributed by atoms with Crippen LogP contribution < -0.4 is 5.01 Å². The van der Waals surface area contributed by atoms with Gasteiger partial charge in [-0.1, -0.05) is 94.2 Å². The van der Waals surface area contributed by atoms with E-state index in [0.717, 1.165) is 22.2 Å². The third-order valence-corrected chi connectivity index (χ3v) is 12.4. The van der Waals surface area contributed by atoms with Crippen molar-refractivity contribution in [3.63, 3.8) is 0 Å². The van der Waals surface area contributed by atoms with Crippen molar-refractivity contribution in [3.8, 4) is 11.3 Å². The summed E-state index contributed by atoms with van der Waals surface area (Å²) in [5.41, 5.74) is 3.99. The molecule has 6 nitrogen and oxygen atoms in total. The lowest BCUT2D eigenvalue weighted by Crippen LogP contribution is -2.47. The number of carbonyl (C=O) groups is 1. The Kier molecular flexibility index (Phi) is 8.57. The van der Waals surface area contributed by atoms with E-state index in [0.29, 0.717) is 12.5 Å². The first-order valence-corrected chi connectivity index (χ1v) is 16.8. The molecule has 0 bridgehead atoms. The maximum absolute atomic E-state index is 14.1. The first-order chi connectivity index (χ1) is 18.3. The van der Waals surface area contributed by atoms with Crippen molar-refractivity contribution >= 4 is 48.3 Å². The SMILES string of the molecule is CC(C)c1cccc(-c2cc3ccccc3n2N(CCO[Si](C)(C)C(C)(C)C)C(=O)c2nc(Cl)cc(Cl)n2)c1. The Morgan fingerprint density at radius 3 is 2.31 bits per heavy atom. The van der Waals surface area contributed by atoms with Crippen LogP contribution >= 0.6 is 23.2 Å². The standard InChI is InChI=1S/C30H36Cl2N4O2Si/c1-20(2)21-12-10-13-22(17-21)25-18-23-11-8-9-14-24(23)36(25)35(15-16-38-39(6,7)30(3,4)5)29(37)28-33-26(31)19-27(32)34-28/h8-14,17-20H,15-16H2,1-7H3. The number of amides is 1. The molecule has 1 amide bonds. The van der Waals surface area contributed by atoms with Gasteiger partial charge in [-0.2, -0.15) is 0 Å². The summed E-state index contributed by atoms with van der Waals surface area (Å²) in [7, 11) is -2.06. The number of fused-ring (bicyclic) bond motifs is 1. The van der Waals surface area contributed by atoms with Crippen LogP contribution in [0.15, 0.2) is 60.7 Å². The molecule has 4 aromatic rings. The molecule has 2 aromatic heterocycles. The summed E-state index contributed by atoms with van der Waals surface area (Å²) in [6.07, 6.45) is 0. The smallest absolute Gasteiger partial charge is 0.310 e. The molecule has 0 N–H and O–H groups in total. The van der Waals surface area contributed by atoms with Crippen LogP contribution in [-0.2, 0) is 4.43 Å². The Labute approximate surface area is 242 Å². The maximum atomic E-state index is 14.1. The fourth-order valence-corrected chi connectivity index (χ4v) is 5.62. The fraction of sp³-hybridized carbons (Fsp3) is 0.367. The second kappa shape index (κ2) is 11.4. The molecule has 39 heavy (non-hydrogen) atoms. The van der Waals surface area contributed by atoms with Crippen molar-refractivity contribution in [1.82, 2.24) is 14.6 Å². The van der Waals surface area contributed by atoms with Gasteiger partial charge in [-0.15, -0.1) is 0 Å². The minimum atomic E-state index is -2.06. The van der Waals surface area contributed by atoms with Crippen LogP contribution in [0.25, 0.3) is 22.2 Å². The summed E-state index contributed by atoms with van der Waals surface area (Å²) in [5.74, 6) is -0.124. The molecule has 9 heteroatoms. The molecule has 0 spiro atoms. The average molecular weight is 584 g/mol. The first-order valence-electron chi connectivity index (χ1n) is 13.2. The number of benzene rings is 2. The number of hydrogen-bond donors (Lipinski definition) is 0. The summed E-state index contributed by atoms with van der Waals surface area (Å²) in [6, 6.07) is 20.0. The molecule has 0 atom stereocenters. The quantitative estimate of drug-likeness (QED) is 0.155. The number of hydrogen-bond acceptors (Lipinski definition) is 4. The van der Waals surface area contributed by atoms with Crippen LogP contribution in [0.2, 0.25) is 28.4 Å². The Morgan fingerprint density at radius 1 is 1.00 bits per heavy atom. The zero-order chi connectivity index (χ0) is 28.5. The molecule has 2 aromatic carbocycles. The Balaban J connectivity index is 1.87. The lowest BCUT2D eigenvalue weighted by molar-refractivity contribution is 0.0943. The average Bonchev–Trinajstić information content (AvgIpc) is 3.24. The highest BCUT2D eigenvalue weighted by molar-refractivity contribution is 6.74. The van der Waals surface area contributed by atoms with E-state index in [1.165, 1.54) is 11.6 Å². The topological polar surface area (TPSA) is 60.2 Å². The van der Waals surface area contributed by atoms with Crippen molar-refractivity contribution < 1.29 is 9.22 Å². The van der Waals surface area contributed by atoms with E-state index in [2.05, 4.69) is 88.0 Å². The molecule has 2 heterocycles. The third kappa shape index (κ3) is 6.38. The highest BCUT2D eigenvalue weighted by atomic mass is 35.5. The van der Waals surface area contributed by atoms with E-state index in [-0.39, 0.29) is 27.7 Å². The summed E-state index contributed by atoms with van der Waals surface area (Å²) in [5, 5.41) is 2.91. The third-order valence-electron chi connectivity index (χ3n) is 7.44. The Morgan fingerprint density at radius 2 is 1.67 bits per heavy atom. The minimum absolute atomic E-state index is 0.0357. The van der Waals surface area contributed by atoms with Gasteiger partial charge in [-0.3, -0.25) is 4.79 Å². The van der Waals surface area contributed by atoms with Gasteiger partial charge in [-0.05, 0) is 47.8 Å². The zero-order valence-corrected chi connectivity index (χ0v) is 26.1. The van der Waals surface area contributed by atoms with Gasteiger partial charge in [-0.25, -0.2) is 19.7 Å². The van der Waals surface area contributed by atoms with Gasteiger partial charge in [0, 0.05) is 17.0 Å². The molecular formula is C30H36Cl2N4O2Si. The van der Waals surface area contributed by atoms with E-state index >= 15 is 0 Å². The molecule has 0 saturated heterocycles. The predicted octanol–water partition coefficient (Wildman–Crippen LogP) is 8.33. The molecule has 0 aliphatic heterocycles. The Bertz CT molecular complexity index is 1470. The van der Waals surface area contributed by atoms with E-state index in [9.17, 15) is 4.79 Å². The van der Waals surface area contributed by atoms with Gasteiger partial charge in [0.2, 0.25) is 5.82 Å². The molecule has 4 rings (SSSR count). The van der Waals surface area contributed by atoms with Crippen LogP contribution in [0.5, 0.6) is 0 Å². The van der Waals surface area contributed by atoms with Crippen molar-refractivity contribution in [3.05, 3.63) is 82.4 Å². The van der Waals surface area contributed by atoms with Crippen LogP contribution in [-0.4, -0.2) is 42.0 Å². The number of nitrogens with zero attached hydrogens (tertiary/aromatic N) is 4.